The van der Waals surface area contributed by atoms with Crippen LogP contribution in [0.4, 0.5) is 0 Å². The van der Waals surface area contributed by atoms with E-state index in [1.807, 2.05) is 58.0 Å². The molecular weight excluding hydrogens is 644 g/mol. The molecule has 0 aromatic heterocycles. The smallest absolute Gasteiger partial charge is 0.243 e. The van der Waals surface area contributed by atoms with Gasteiger partial charge in [-0.05, 0) is 55.9 Å². The first-order chi connectivity index (χ1) is 23.5. The van der Waals surface area contributed by atoms with Crippen LogP contribution in [0.1, 0.15) is 71.8 Å². The molecule has 0 aliphatic carbocycles. The summed E-state index contributed by atoms with van der Waals surface area (Å²) >= 11 is 0. The Morgan fingerprint density at radius 2 is 1.02 bits per heavy atom. The SMILES string of the molecule is CC(C)C[C@H](NC(=O)[C@H](CC(C)C)NC(=O)[C@H](Cc1ccccc1)NC(=O)[C@@H](N)CCCN=C(N)N)C(=O)N[C@@H](CCCN=C(N)N)C(N)=O. The quantitative estimate of drug-likeness (QED) is 0.0346. The van der Waals surface area contributed by atoms with Crippen molar-refractivity contribution in [2.45, 2.75) is 103 Å². The summed E-state index contributed by atoms with van der Waals surface area (Å²) in [6.45, 7) is 8.06. The summed E-state index contributed by atoms with van der Waals surface area (Å²) < 4.78 is 0. The number of carbonyl (C=O) groups is 5. The van der Waals surface area contributed by atoms with Crippen molar-refractivity contribution in [2.75, 3.05) is 13.1 Å². The van der Waals surface area contributed by atoms with Gasteiger partial charge in [0.1, 0.15) is 24.2 Å². The van der Waals surface area contributed by atoms with Crippen LogP contribution < -0.4 is 55.7 Å². The predicted molar refractivity (Wildman–Crippen MR) is 194 cm³/mol. The van der Waals surface area contributed by atoms with E-state index in [1.165, 1.54) is 0 Å². The predicted octanol–water partition coefficient (Wildman–Crippen LogP) is -1.82. The molecule has 0 saturated heterocycles. The normalized spacial score (nSPS) is 14.0. The zero-order chi connectivity index (χ0) is 37.8. The minimum Gasteiger partial charge on any atom is -0.370 e. The lowest BCUT2D eigenvalue weighted by Crippen LogP contribution is -2.59. The highest BCUT2D eigenvalue weighted by Gasteiger charge is 2.32. The summed E-state index contributed by atoms with van der Waals surface area (Å²) in [4.78, 5) is 73.9. The van der Waals surface area contributed by atoms with E-state index in [0.717, 1.165) is 5.56 Å². The Morgan fingerprint density at radius 1 is 0.600 bits per heavy atom. The fraction of sp³-hybridized carbons (Fsp3) is 0.606. The van der Waals surface area contributed by atoms with Crippen LogP contribution >= 0.6 is 0 Å². The molecule has 0 saturated carbocycles. The van der Waals surface area contributed by atoms with Gasteiger partial charge in [0.2, 0.25) is 29.5 Å². The average Bonchev–Trinajstić information content (AvgIpc) is 3.02. The van der Waals surface area contributed by atoms with E-state index in [9.17, 15) is 24.0 Å². The first-order valence-electron chi connectivity index (χ1n) is 16.9. The number of hydrogen-bond acceptors (Lipinski definition) is 8. The van der Waals surface area contributed by atoms with Crippen molar-refractivity contribution in [3.63, 3.8) is 0 Å². The number of hydrogen-bond donors (Lipinski definition) is 10. The van der Waals surface area contributed by atoms with Crippen LogP contribution in [0.2, 0.25) is 0 Å². The van der Waals surface area contributed by atoms with Crippen LogP contribution in [0.3, 0.4) is 0 Å². The van der Waals surface area contributed by atoms with E-state index < -0.39 is 59.7 Å². The molecule has 0 unspecified atom stereocenters. The van der Waals surface area contributed by atoms with E-state index in [4.69, 9.17) is 34.4 Å². The Kier molecular flexibility index (Phi) is 19.5. The molecule has 0 fully saturated rings. The van der Waals surface area contributed by atoms with Crippen molar-refractivity contribution in [1.82, 2.24) is 21.3 Å². The average molecular weight is 703 g/mol. The number of benzene rings is 1. The topological polar surface area (TPSA) is 314 Å². The molecule has 5 amide bonds. The van der Waals surface area contributed by atoms with Gasteiger partial charge >= 0.3 is 0 Å². The third kappa shape index (κ3) is 18.0. The summed E-state index contributed by atoms with van der Waals surface area (Å²) in [5.74, 6) is -3.32. The molecule has 0 radical (unpaired) electrons. The summed E-state index contributed by atoms with van der Waals surface area (Å²) in [6.07, 6.45) is 1.88. The number of nitrogens with one attached hydrogen (secondary N) is 4. The lowest BCUT2D eigenvalue weighted by molar-refractivity contribution is -0.135. The van der Waals surface area contributed by atoms with Gasteiger partial charge in [0.05, 0.1) is 6.04 Å². The van der Waals surface area contributed by atoms with Gasteiger partial charge in [-0.15, -0.1) is 0 Å². The molecule has 17 heteroatoms. The first-order valence-corrected chi connectivity index (χ1v) is 16.9. The van der Waals surface area contributed by atoms with Crippen molar-refractivity contribution in [1.29, 1.82) is 0 Å². The van der Waals surface area contributed by atoms with E-state index in [-0.39, 0.29) is 62.4 Å². The van der Waals surface area contributed by atoms with Crippen LogP contribution in [-0.2, 0) is 30.4 Å². The van der Waals surface area contributed by atoms with Gasteiger partial charge < -0.3 is 55.7 Å². The number of guanidine groups is 2. The van der Waals surface area contributed by atoms with Crippen molar-refractivity contribution in [2.24, 2.45) is 56.2 Å². The van der Waals surface area contributed by atoms with Crippen LogP contribution in [-0.4, -0.2) is 84.8 Å². The Labute approximate surface area is 294 Å². The van der Waals surface area contributed by atoms with Gasteiger partial charge in [-0.25, -0.2) is 0 Å². The standard InChI is InChI=1S/C33H58N12O5/c1-19(2)16-24(29(48)42-23(27(35)46)13-9-15-41-33(38)39)44-30(49)25(17-20(3)4)45-31(50)26(18-21-10-6-5-7-11-21)43-28(47)22(34)12-8-14-40-32(36)37/h5-7,10-11,19-20,22-26H,8-9,12-18,34H2,1-4H3,(H2,35,46)(H,42,48)(H,43,47)(H,44,49)(H,45,50)(H4,36,37,40)(H4,38,39,41)/t22-,23-,24-,25-,26-/m0/s1. The molecule has 280 valence electrons. The van der Waals surface area contributed by atoms with E-state index >= 15 is 0 Å². The highest BCUT2D eigenvalue weighted by atomic mass is 16.2. The van der Waals surface area contributed by atoms with Crippen molar-refractivity contribution < 1.29 is 24.0 Å². The summed E-state index contributed by atoms with van der Waals surface area (Å²) in [7, 11) is 0. The number of rotatable bonds is 23. The van der Waals surface area contributed by atoms with E-state index in [0.29, 0.717) is 19.4 Å². The number of nitrogens with two attached hydrogens (primary N) is 6. The minimum absolute atomic E-state index is 0.0211. The molecule has 0 bridgehead atoms. The van der Waals surface area contributed by atoms with Gasteiger partial charge in [-0.2, -0.15) is 0 Å². The van der Waals surface area contributed by atoms with E-state index in [1.54, 1.807) is 0 Å². The lowest BCUT2D eigenvalue weighted by atomic mass is 9.98. The molecule has 50 heavy (non-hydrogen) atoms. The summed E-state index contributed by atoms with van der Waals surface area (Å²) in [5.41, 5.74) is 33.8. The molecule has 16 N–H and O–H groups in total. The number of aliphatic imine (C=N–C) groups is 2. The van der Waals surface area contributed by atoms with Gasteiger partial charge in [0.25, 0.3) is 0 Å². The number of primary amides is 1. The Morgan fingerprint density at radius 3 is 1.46 bits per heavy atom. The fourth-order valence-electron chi connectivity index (χ4n) is 5.00. The number of amides is 5. The maximum Gasteiger partial charge on any atom is 0.243 e. The molecule has 0 spiro atoms. The number of nitrogens with zero attached hydrogens (tertiary/aromatic N) is 2. The Balaban J connectivity index is 3.17. The Bertz CT molecular complexity index is 1300. The van der Waals surface area contributed by atoms with Gasteiger partial charge in [0.15, 0.2) is 11.9 Å². The Hall–Kier alpha value is -4.93. The van der Waals surface area contributed by atoms with Gasteiger partial charge in [-0.3, -0.25) is 34.0 Å². The van der Waals surface area contributed by atoms with Crippen LogP contribution in [0.5, 0.6) is 0 Å². The van der Waals surface area contributed by atoms with Crippen LogP contribution in [0.25, 0.3) is 0 Å². The van der Waals surface area contributed by atoms with Gasteiger partial charge in [0, 0.05) is 19.5 Å². The zero-order valence-electron chi connectivity index (χ0n) is 29.7. The van der Waals surface area contributed by atoms with Crippen LogP contribution in [0.15, 0.2) is 40.3 Å². The highest BCUT2D eigenvalue weighted by molar-refractivity contribution is 5.95. The molecule has 5 atom stereocenters. The highest BCUT2D eigenvalue weighted by Crippen LogP contribution is 2.12. The first kappa shape index (κ1) is 43.1. The van der Waals surface area contributed by atoms with E-state index in [2.05, 4.69) is 31.3 Å². The van der Waals surface area contributed by atoms with Crippen molar-refractivity contribution >= 4 is 41.5 Å². The molecule has 0 heterocycles. The second kappa shape index (κ2) is 22.7. The summed E-state index contributed by atoms with van der Waals surface area (Å²) in [5, 5.41) is 10.9. The third-order valence-electron chi connectivity index (χ3n) is 7.51. The monoisotopic (exact) mass is 702 g/mol. The minimum atomic E-state index is -1.07. The van der Waals surface area contributed by atoms with Crippen molar-refractivity contribution in [3.05, 3.63) is 35.9 Å². The lowest BCUT2D eigenvalue weighted by Gasteiger charge is -2.28. The molecule has 0 aliphatic heterocycles. The molecule has 1 aromatic rings. The van der Waals surface area contributed by atoms with Crippen LogP contribution in [0, 0.1) is 11.8 Å². The van der Waals surface area contributed by atoms with Crippen molar-refractivity contribution in [3.8, 4) is 0 Å². The maximum absolute atomic E-state index is 13.8. The molecule has 17 nitrogen and oxygen atoms in total. The second-order valence-corrected chi connectivity index (χ2v) is 13.1. The molecular formula is C33H58N12O5. The molecule has 1 rings (SSSR count). The summed E-state index contributed by atoms with van der Waals surface area (Å²) in [6, 6.07) is 3.96. The molecule has 0 aliphatic rings. The second-order valence-electron chi connectivity index (χ2n) is 13.1. The number of carbonyl (C=O) groups excluding carboxylic acids is 5. The fourth-order valence-corrected chi connectivity index (χ4v) is 5.00. The largest absolute Gasteiger partial charge is 0.370 e. The maximum atomic E-state index is 13.8. The molecule has 1 aromatic carbocycles. The zero-order valence-corrected chi connectivity index (χ0v) is 29.7. The third-order valence-corrected chi connectivity index (χ3v) is 7.51. The van der Waals surface area contributed by atoms with Gasteiger partial charge in [-0.1, -0.05) is 58.0 Å².